The lowest BCUT2D eigenvalue weighted by atomic mass is 9.98. The number of carbonyl (C=O) groups is 1. The molecule has 26 heavy (non-hydrogen) atoms. The summed E-state index contributed by atoms with van der Waals surface area (Å²) < 4.78 is 4.20. The smallest absolute Gasteiger partial charge is 0.184 e. The molecule has 0 saturated heterocycles. The van der Waals surface area contributed by atoms with Gasteiger partial charge in [-0.3, -0.25) is 4.79 Å². The number of aromatic nitrogens is 2. The van der Waals surface area contributed by atoms with Crippen molar-refractivity contribution in [2.75, 3.05) is 6.54 Å². The van der Waals surface area contributed by atoms with E-state index >= 15 is 0 Å². The number of Topliss-reactive ketones (excluding diaryl/α,β-unsaturated/α-hetero) is 1. The minimum atomic E-state index is 0.143. The summed E-state index contributed by atoms with van der Waals surface area (Å²) in [6.07, 6.45) is 4.17. The molecule has 0 radical (unpaired) electrons. The number of aryl methyl sites for hydroxylation is 2. The van der Waals surface area contributed by atoms with E-state index in [2.05, 4.69) is 51.1 Å². The molecule has 128 valence electrons. The zero-order chi connectivity index (χ0) is 17.8. The van der Waals surface area contributed by atoms with E-state index in [1.165, 1.54) is 0 Å². The fourth-order valence-electron chi connectivity index (χ4n) is 4.08. The van der Waals surface area contributed by atoms with Crippen LogP contribution in [0.3, 0.4) is 0 Å². The molecule has 5 rings (SSSR count). The van der Waals surface area contributed by atoms with Crippen molar-refractivity contribution in [3.8, 4) is 0 Å². The van der Waals surface area contributed by atoms with Crippen LogP contribution in [0.5, 0.6) is 0 Å². The van der Waals surface area contributed by atoms with Crippen LogP contribution in [0.4, 0.5) is 0 Å². The SMILES string of the molecule is Cn1cc(C2=C(c3cn(C)c4ccccc34)C(=O)CN2)c2ccccc21. The van der Waals surface area contributed by atoms with Crippen LogP contribution in [0.2, 0.25) is 0 Å². The molecule has 1 N–H and O–H groups in total. The van der Waals surface area contributed by atoms with Gasteiger partial charge in [-0.1, -0.05) is 36.4 Å². The maximum Gasteiger partial charge on any atom is 0.184 e. The van der Waals surface area contributed by atoms with Gasteiger partial charge in [-0.2, -0.15) is 0 Å². The van der Waals surface area contributed by atoms with Crippen molar-refractivity contribution in [2.24, 2.45) is 14.1 Å². The van der Waals surface area contributed by atoms with E-state index in [-0.39, 0.29) is 5.78 Å². The van der Waals surface area contributed by atoms with Crippen LogP contribution in [0.15, 0.2) is 60.9 Å². The molecule has 2 aromatic carbocycles. The third-order valence-corrected chi connectivity index (χ3v) is 5.29. The Bertz CT molecular complexity index is 1220. The number of carbonyl (C=O) groups excluding carboxylic acids is 1. The average Bonchev–Trinajstić information content (AvgIpc) is 3.30. The van der Waals surface area contributed by atoms with E-state index in [4.69, 9.17) is 0 Å². The van der Waals surface area contributed by atoms with Gasteiger partial charge in [0.25, 0.3) is 0 Å². The number of fused-ring (bicyclic) bond motifs is 2. The van der Waals surface area contributed by atoms with Gasteiger partial charge in [-0.05, 0) is 12.1 Å². The minimum absolute atomic E-state index is 0.143. The lowest BCUT2D eigenvalue weighted by molar-refractivity contribution is -0.112. The third-order valence-electron chi connectivity index (χ3n) is 5.29. The summed E-state index contributed by atoms with van der Waals surface area (Å²) in [5.74, 6) is 0.143. The van der Waals surface area contributed by atoms with E-state index in [1.54, 1.807) is 0 Å². The van der Waals surface area contributed by atoms with Gasteiger partial charge in [-0.25, -0.2) is 0 Å². The molecule has 4 aromatic rings. The van der Waals surface area contributed by atoms with Gasteiger partial charge in [0.2, 0.25) is 0 Å². The van der Waals surface area contributed by atoms with E-state index in [0.29, 0.717) is 6.54 Å². The van der Waals surface area contributed by atoms with Gasteiger partial charge in [0.1, 0.15) is 0 Å². The van der Waals surface area contributed by atoms with Crippen molar-refractivity contribution in [3.05, 3.63) is 72.1 Å². The van der Waals surface area contributed by atoms with Gasteiger partial charge < -0.3 is 14.5 Å². The number of hydrogen-bond donors (Lipinski definition) is 1. The zero-order valence-corrected chi connectivity index (χ0v) is 14.8. The fourth-order valence-corrected chi connectivity index (χ4v) is 4.08. The number of para-hydroxylation sites is 2. The maximum atomic E-state index is 12.8. The van der Waals surface area contributed by atoms with Crippen LogP contribution in [0, 0.1) is 0 Å². The molecule has 0 fully saturated rings. The van der Waals surface area contributed by atoms with Crippen LogP contribution in [-0.4, -0.2) is 21.5 Å². The molecule has 4 nitrogen and oxygen atoms in total. The fraction of sp³-hybridized carbons (Fsp3) is 0.136. The first-order valence-electron chi connectivity index (χ1n) is 8.75. The molecule has 1 aliphatic heterocycles. The van der Waals surface area contributed by atoms with Crippen LogP contribution in [0.25, 0.3) is 33.1 Å². The summed E-state index contributed by atoms with van der Waals surface area (Å²) in [5.41, 5.74) is 6.10. The molecule has 0 atom stereocenters. The van der Waals surface area contributed by atoms with Gasteiger partial charge in [0, 0.05) is 59.4 Å². The summed E-state index contributed by atoms with van der Waals surface area (Å²) >= 11 is 0. The highest BCUT2D eigenvalue weighted by Crippen LogP contribution is 2.37. The zero-order valence-electron chi connectivity index (χ0n) is 14.8. The van der Waals surface area contributed by atoms with E-state index < -0.39 is 0 Å². The maximum absolute atomic E-state index is 12.8. The summed E-state index contributed by atoms with van der Waals surface area (Å²) in [4.78, 5) is 12.8. The number of rotatable bonds is 2. The van der Waals surface area contributed by atoms with E-state index in [9.17, 15) is 4.79 Å². The van der Waals surface area contributed by atoms with Crippen LogP contribution >= 0.6 is 0 Å². The average molecular weight is 341 g/mol. The normalized spacial score (nSPS) is 14.6. The molecule has 0 bridgehead atoms. The van der Waals surface area contributed by atoms with Gasteiger partial charge >= 0.3 is 0 Å². The highest BCUT2D eigenvalue weighted by atomic mass is 16.1. The van der Waals surface area contributed by atoms with Crippen LogP contribution in [0.1, 0.15) is 11.1 Å². The third kappa shape index (κ3) is 1.99. The Morgan fingerprint density at radius 2 is 1.35 bits per heavy atom. The topological polar surface area (TPSA) is 39.0 Å². The lowest BCUT2D eigenvalue weighted by Crippen LogP contribution is -2.10. The molecular formula is C22H19N3O. The van der Waals surface area contributed by atoms with Crippen molar-refractivity contribution < 1.29 is 4.79 Å². The quantitative estimate of drug-likeness (QED) is 0.604. The monoisotopic (exact) mass is 341 g/mol. The number of benzene rings is 2. The van der Waals surface area contributed by atoms with Crippen LogP contribution in [-0.2, 0) is 18.9 Å². The van der Waals surface area contributed by atoms with Crippen molar-refractivity contribution in [1.82, 2.24) is 14.5 Å². The molecule has 4 heteroatoms. The Kier molecular flexibility index (Phi) is 3.10. The second kappa shape index (κ2) is 5.36. The highest BCUT2D eigenvalue weighted by Gasteiger charge is 2.29. The second-order valence-electron chi connectivity index (χ2n) is 6.87. The molecule has 0 aliphatic carbocycles. The lowest BCUT2D eigenvalue weighted by Gasteiger charge is -2.05. The Labute approximate surface area is 151 Å². The summed E-state index contributed by atoms with van der Waals surface area (Å²) in [6, 6.07) is 16.5. The Morgan fingerprint density at radius 1 is 0.808 bits per heavy atom. The van der Waals surface area contributed by atoms with Gasteiger partial charge in [-0.15, -0.1) is 0 Å². The second-order valence-corrected chi connectivity index (χ2v) is 6.87. The summed E-state index contributed by atoms with van der Waals surface area (Å²) in [6.45, 7) is 0.344. The largest absolute Gasteiger partial charge is 0.376 e. The van der Waals surface area contributed by atoms with Gasteiger partial charge in [0.05, 0.1) is 17.8 Å². The molecule has 0 saturated carbocycles. The van der Waals surface area contributed by atoms with Crippen molar-refractivity contribution in [3.63, 3.8) is 0 Å². The number of hydrogen-bond acceptors (Lipinski definition) is 2. The Hall–Kier alpha value is -3.27. The van der Waals surface area contributed by atoms with Crippen molar-refractivity contribution >= 4 is 38.9 Å². The van der Waals surface area contributed by atoms with E-state index in [1.807, 2.05) is 38.4 Å². The molecule has 3 heterocycles. The molecule has 0 spiro atoms. The van der Waals surface area contributed by atoms with Gasteiger partial charge in [0.15, 0.2) is 5.78 Å². The van der Waals surface area contributed by atoms with Crippen molar-refractivity contribution in [1.29, 1.82) is 0 Å². The summed E-state index contributed by atoms with van der Waals surface area (Å²) in [7, 11) is 4.07. The number of nitrogens with zero attached hydrogens (tertiary/aromatic N) is 2. The number of ketones is 1. The standard InChI is InChI=1S/C22H19N3O/c1-24-12-16(14-7-3-5-9-18(14)24)21-20(26)11-23-22(21)17-13-25(2)19-10-6-4-8-15(17)19/h3-10,12-13,23H,11H2,1-2H3. The van der Waals surface area contributed by atoms with Crippen LogP contribution < -0.4 is 5.32 Å². The van der Waals surface area contributed by atoms with E-state index in [0.717, 1.165) is 44.2 Å². The Morgan fingerprint density at radius 3 is 2.00 bits per heavy atom. The highest BCUT2D eigenvalue weighted by molar-refractivity contribution is 6.34. The first-order chi connectivity index (χ1) is 12.6. The number of nitrogens with one attached hydrogen (secondary N) is 1. The molecule has 0 unspecified atom stereocenters. The predicted octanol–water partition coefficient (Wildman–Crippen LogP) is 3.71. The Balaban J connectivity index is 1.84. The summed E-state index contributed by atoms with van der Waals surface area (Å²) in [5, 5.41) is 5.63. The first kappa shape index (κ1) is 15.0. The molecule has 2 aromatic heterocycles. The molecule has 1 aliphatic rings. The predicted molar refractivity (Wildman–Crippen MR) is 106 cm³/mol. The molecule has 0 amide bonds. The first-order valence-corrected chi connectivity index (χ1v) is 8.75. The minimum Gasteiger partial charge on any atom is -0.376 e. The van der Waals surface area contributed by atoms with Crippen molar-refractivity contribution in [2.45, 2.75) is 0 Å². The molecular weight excluding hydrogens is 322 g/mol.